The lowest BCUT2D eigenvalue weighted by Gasteiger charge is -2.02. The highest BCUT2D eigenvalue weighted by Crippen LogP contribution is 2.18. The standard InChI is InChI=1S/C8H7N3O/c9-8(12)11-2-1-6-3-10-4-7(6)5-11/h1-5H,(H2,9,12). The Morgan fingerprint density at radius 3 is 2.92 bits per heavy atom. The van der Waals surface area contributed by atoms with Crippen molar-refractivity contribution in [2.24, 2.45) is 5.73 Å². The second kappa shape index (κ2) is 2.34. The lowest BCUT2D eigenvalue weighted by molar-refractivity contribution is 0.250. The molecule has 2 heterocycles. The molecule has 60 valence electrons. The van der Waals surface area contributed by atoms with Gasteiger partial charge in [0.15, 0.2) is 0 Å². The molecule has 0 spiro atoms. The number of amides is 1. The summed E-state index contributed by atoms with van der Waals surface area (Å²) in [6, 6.07) is 1.31. The molecule has 2 aliphatic rings. The molecule has 0 atom stereocenters. The highest BCUT2D eigenvalue weighted by atomic mass is 16.2. The van der Waals surface area contributed by atoms with E-state index >= 15 is 0 Å². The second-order valence-electron chi connectivity index (χ2n) is 2.51. The van der Waals surface area contributed by atoms with Crippen molar-refractivity contribution in [1.82, 2.24) is 9.55 Å². The summed E-state index contributed by atoms with van der Waals surface area (Å²) in [6.45, 7) is 0. The van der Waals surface area contributed by atoms with Crippen molar-refractivity contribution >= 4 is 6.03 Å². The van der Waals surface area contributed by atoms with Crippen molar-refractivity contribution in [3.63, 3.8) is 0 Å². The van der Waals surface area contributed by atoms with E-state index in [9.17, 15) is 4.79 Å². The van der Waals surface area contributed by atoms with Gasteiger partial charge in [-0.25, -0.2) is 4.79 Å². The molecular weight excluding hydrogens is 154 g/mol. The van der Waals surface area contributed by atoms with Crippen molar-refractivity contribution in [3.05, 3.63) is 30.9 Å². The maximum absolute atomic E-state index is 10.7. The molecule has 0 saturated heterocycles. The molecule has 2 aliphatic heterocycles. The highest BCUT2D eigenvalue weighted by Gasteiger charge is 2.04. The Bertz CT molecular complexity index is 393. The smallest absolute Gasteiger partial charge is 0.322 e. The van der Waals surface area contributed by atoms with Crippen LogP contribution >= 0.6 is 0 Å². The Labute approximate surface area is 69.0 Å². The van der Waals surface area contributed by atoms with Gasteiger partial charge in [0.2, 0.25) is 0 Å². The summed E-state index contributed by atoms with van der Waals surface area (Å²) in [7, 11) is 0. The quantitative estimate of drug-likeness (QED) is 0.624. The molecular formula is C8H7N3O. The fourth-order valence-corrected chi connectivity index (χ4v) is 1.08. The topological polar surface area (TPSA) is 60.9 Å². The van der Waals surface area contributed by atoms with Crippen LogP contribution in [0.25, 0.3) is 11.1 Å². The summed E-state index contributed by atoms with van der Waals surface area (Å²) < 4.78 is 1.32. The first-order valence-electron chi connectivity index (χ1n) is 3.49. The number of carbonyl (C=O) groups excluding carboxylic acids is 1. The third-order valence-corrected chi connectivity index (χ3v) is 1.71. The monoisotopic (exact) mass is 161 g/mol. The van der Waals surface area contributed by atoms with Crippen LogP contribution in [0.15, 0.2) is 30.9 Å². The Morgan fingerprint density at radius 1 is 1.42 bits per heavy atom. The Hall–Kier alpha value is -1.84. The van der Waals surface area contributed by atoms with E-state index in [0.717, 1.165) is 11.1 Å². The van der Waals surface area contributed by atoms with Crippen LogP contribution in [-0.4, -0.2) is 15.6 Å². The van der Waals surface area contributed by atoms with E-state index in [0.29, 0.717) is 0 Å². The molecule has 0 radical (unpaired) electrons. The molecule has 4 nitrogen and oxygen atoms in total. The first kappa shape index (κ1) is 6.84. The van der Waals surface area contributed by atoms with Gasteiger partial charge in [-0.2, -0.15) is 0 Å². The minimum absolute atomic E-state index is 0.488. The van der Waals surface area contributed by atoms with E-state index in [2.05, 4.69) is 4.98 Å². The zero-order chi connectivity index (χ0) is 8.55. The number of fused-ring (bicyclic) bond motifs is 1. The molecule has 2 N–H and O–H groups in total. The second-order valence-corrected chi connectivity index (χ2v) is 2.51. The summed E-state index contributed by atoms with van der Waals surface area (Å²) in [5.41, 5.74) is 7.00. The first-order valence-corrected chi connectivity index (χ1v) is 3.49. The minimum atomic E-state index is -0.488. The lowest BCUT2D eigenvalue weighted by atomic mass is 10.2. The number of rotatable bonds is 0. The van der Waals surface area contributed by atoms with Gasteiger partial charge in [-0.15, -0.1) is 0 Å². The van der Waals surface area contributed by atoms with E-state index < -0.39 is 6.03 Å². The number of nitrogens with zero attached hydrogens (tertiary/aromatic N) is 2. The van der Waals surface area contributed by atoms with Crippen molar-refractivity contribution in [2.75, 3.05) is 0 Å². The number of aromatic nitrogens is 2. The van der Waals surface area contributed by atoms with Crippen LogP contribution in [0.3, 0.4) is 0 Å². The van der Waals surface area contributed by atoms with Crippen LogP contribution in [0.1, 0.15) is 0 Å². The molecule has 1 amide bonds. The SMILES string of the molecule is NC(=O)n1ccc2cncc-2c1. The number of hydrogen-bond donors (Lipinski definition) is 1. The molecule has 0 aliphatic carbocycles. The number of primary amides is 1. The molecule has 0 unspecified atom stereocenters. The number of pyridine rings is 1. The zero-order valence-corrected chi connectivity index (χ0v) is 6.27. The van der Waals surface area contributed by atoms with E-state index in [-0.39, 0.29) is 0 Å². The third-order valence-electron chi connectivity index (χ3n) is 1.71. The number of carbonyl (C=O) groups is 1. The maximum atomic E-state index is 10.7. The molecule has 2 rings (SSSR count). The van der Waals surface area contributed by atoms with Gasteiger partial charge in [0, 0.05) is 35.9 Å². The van der Waals surface area contributed by atoms with Gasteiger partial charge in [-0.1, -0.05) is 0 Å². The molecule has 0 fully saturated rings. The summed E-state index contributed by atoms with van der Waals surface area (Å²) in [5.74, 6) is 0. The highest BCUT2D eigenvalue weighted by molar-refractivity contribution is 5.77. The van der Waals surface area contributed by atoms with Gasteiger partial charge < -0.3 is 5.73 Å². The van der Waals surface area contributed by atoms with Gasteiger partial charge >= 0.3 is 6.03 Å². The molecule has 4 heteroatoms. The molecule has 12 heavy (non-hydrogen) atoms. The molecule has 0 bridgehead atoms. The largest absolute Gasteiger partial charge is 0.351 e. The molecule has 0 aromatic heterocycles. The van der Waals surface area contributed by atoms with Crippen LogP contribution in [0.2, 0.25) is 0 Å². The van der Waals surface area contributed by atoms with Crippen molar-refractivity contribution in [2.45, 2.75) is 0 Å². The predicted molar refractivity (Wildman–Crippen MR) is 43.8 cm³/mol. The fourth-order valence-electron chi connectivity index (χ4n) is 1.08. The van der Waals surface area contributed by atoms with E-state index in [4.69, 9.17) is 5.73 Å². The zero-order valence-electron chi connectivity index (χ0n) is 6.27. The Balaban J connectivity index is 2.62. The third kappa shape index (κ3) is 0.934. The number of hydrogen-bond acceptors (Lipinski definition) is 2. The van der Waals surface area contributed by atoms with Crippen molar-refractivity contribution in [1.29, 1.82) is 0 Å². The molecule has 0 aromatic carbocycles. The Morgan fingerprint density at radius 2 is 2.17 bits per heavy atom. The van der Waals surface area contributed by atoms with Gasteiger partial charge in [-0.05, 0) is 6.07 Å². The number of nitrogens with two attached hydrogens (primary N) is 1. The van der Waals surface area contributed by atoms with E-state index in [1.165, 1.54) is 4.57 Å². The van der Waals surface area contributed by atoms with Crippen LogP contribution in [0.5, 0.6) is 0 Å². The summed E-state index contributed by atoms with van der Waals surface area (Å²) in [4.78, 5) is 14.7. The average molecular weight is 161 g/mol. The Kier molecular flexibility index (Phi) is 1.33. The van der Waals surface area contributed by atoms with Crippen LogP contribution in [0, 0.1) is 0 Å². The normalized spacial score (nSPS) is 10.3. The van der Waals surface area contributed by atoms with Gasteiger partial charge in [0.05, 0.1) is 0 Å². The lowest BCUT2D eigenvalue weighted by Crippen LogP contribution is -2.18. The molecule has 0 saturated carbocycles. The van der Waals surface area contributed by atoms with Crippen molar-refractivity contribution in [3.8, 4) is 11.1 Å². The van der Waals surface area contributed by atoms with Crippen LogP contribution < -0.4 is 5.73 Å². The van der Waals surface area contributed by atoms with E-state index in [1.807, 2.05) is 0 Å². The predicted octanol–water partition coefficient (Wildman–Crippen LogP) is 0.915. The van der Waals surface area contributed by atoms with Gasteiger partial charge in [0.1, 0.15) is 0 Å². The first-order chi connectivity index (χ1) is 5.77. The van der Waals surface area contributed by atoms with Crippen molar-refractivity contribution < 1.29 is 4.79 Å². The average Bonchev–Trinajstić information content (AvgIpc) is 2.49. The van der Waals surface area contributed by atoms with Crippen LogP contribution in [0.4, 0.5) is 4.79 Å². The van der Waals surface area contributed by atoms with E-state index in [1.54, 1.807) is 30.9 Å². The van der Waals surface area contributed by atoms with Gasteiger partial charge in [0.25, 0.3) is 0 Å². The summed E-state index contributed by atoms with van der Waals surface area (Å²) in [6.07, 6.45) is 6.70. The summed E-state index contributed by atoms with van der Waals surface area (Å²) >= 11 is 0. The fraction of sp³-hybridized carbons (Fsp3) is 0. The minimum Gasteiger partial charge on any atom is -0.351 e. The molecule has 0 aromatic rings. The maximum Gasteiger partial charge on any atom is 0.322 e. The van der Waals surface area contributed by atoms with Crippen LogP contribution in [-0.2, 0) is 0 Å². The summed E-state index contributed by atoms with van der Waals surface area (Å²) in [5, 5.41) is 0. The van der Waals surface area contributed by atoms with Gasteiger partial charge in [-0.3, -0.25) is 9.55 Å².